The number of hydrogen-bond donors (Lipinski definition) is 3. The lowest BCUT2D eigenvalue weighted by atomic mass is 10.1. The van der Waals surface area contributed by atoms with Crippen LogP contribution in [0.5, 0.6) is 0 Å². The molecule has 0 aromatic heterocycles. The maximum atomic E-state index is 5.66. The molecule has 0 saturated heterocycles. The molecule has 2 aromatic rings. The fourth-order valence-corrected chi connectivity index (χ4v) is 2.89. The Morgan fingerprint density at radius 2 is 1.87 bits per heavy atom. The Balaban J connectivity index is 1.91. The van der Waals surface area contributed by atoms with E-state index in [0.29, 0.717) is 6.54 Å². The maximum Gasteiger partial charge on any atom is 0.148 e. The van der Waals surface area contributed by atoms with Crippen molar-refractivity contribution < 1.29 is 0 Å². The van der Waals surface area contributed by atoms with Crippen LogP contribution in [0.25, 0.3) is 5.70 Å². The third-order valence-electron chi connectivity index (χ3n) is 3.85. The molecule has 0 amide bonds. The second-order valence-electron chi connectivity index (χ2n) is 5.45. The molecule has 0 fully saturated rings. The maximum absolute atomic E-state index is 5.66. The molecule has 1 atom stereocenters. The average Bonchev–Trinajstić information content (AvgIpc) is 2.91. The second-order valence-corrected chi connectivity index (χ2v) is 5.72. The molecule has 0 radical (unpaired) electrons. The normalized spacial score (nSPS) is 17.1. The van der Waals surface area contributed by atoms with E-state index >= 15 is 0 Å². The minimum absolute atomic E-state index is 0.0746. The van der Waals surface area contributed by atoms with Crippen LogP contribution in [0.3, 0.4) is 0 Å². The van der Waals surface area contributed by atoms with Gasteiger partial charge in [0.05, 0.1) is 11.4 Å². The topological polar surface area (TPSA) is 53.3 Å². The number of allylic oxidation sites excluding steroid dienone is 1. The molecule has 1 aliphatic rings. The first-order valence-electron chi connectivity index (χ1n) is 7.56. The number of hydrazine groups is 1. The molecule has 4 nitrogen and oxygen atoms in total. The summed E-state index contributed by atoms with van der Waals surface area (Å²) in [5.41, 5.74) is 14.5. The first-order chi connectivity index (χ1) is 11.2. The molecule has 1 unspecified atom stereocenters. The van der Waals surface area contributed by atoms with Crippen LogP contribution in [0.2, 0.25) is 0 Å². The molecule has 5 heteroatoms. The van der Waals surface area contributed by atoms with Gasteiger partial charge in [-0.25, -0.2) is 0 Å². The highest BCUT2D eigenvalue weighted by molar-refractivity contribution is 7.79. The molecule has 1 heterocycles. The molecule has 23 heavy (non-hydrogen) atoms. The second kappa shape index (κ2) is 6.81. The van der Waals surface area contributed by atoms with E-state index in [9.17, 15) is 0 Å². The van der Waals surface area contributed by atoms with Crippen molar-refractivity contribution in [2.45, 2.75) is 19.6 Å². The molecule has 0 spiro atoms. The third kappa shape index (κ3) is 3.21. The Morgan fingerprint density at radius 3 is 2.48 bits per heavy atom. The lowest BCUT2D eigenvalue weighted by molar-refractivity contribution is 0.428. The van der Waals surface area contributed by atoms with E-state index in [1.807, 2.05) is 42.5 Å². The summed E-state index contributed by atoms with van der Waals surface area (Å²) in [5, 5.41) is 7.20. The largest absolute Gasteiger partial charge is 0.362 e. The van der Waals surface area contributed by atoms with Crippen LogP contribution in [-0.4, -0.2) is 16.5 Å². The minimum Gasteiger partial charge on any atom is -0.362 e. The van der Waals surface area contributed by atoms with Crippen LogP contribution in [0.1, 0.15) is 18.1 Å². The molecule has 1 aliphatic heterocycles. The van der Waals surface area contributed by atoms with Crippen molar-refractivity contribution >= 4 is 29.0 Å². The number of hydrogen-bond acceptors (Lipinski definition) is 5. The van der Waals surface area contributed by atoms with Gasteiger partial charge >= 0.3 is 0 Å². The van der Waals surface area contributed by atoms with Gasteiger partial charge < -0.3 is 11.1 Å². The quantitative estimate of drug-likeness (QED) is 0.738. The van der Waals surface area contributed by atoms with Crippen LogP contribution in [0.15, 0.2) is 60.3 Å². The molecular formula is C18H20N4S. The number of nitrogens with two attached hydrogens (primary N) is 1. The third-order valence-corrected chi connectivity index (χ3v) is 4.11. The summed E-state index contributed by atoms with van der Waals surface area (Å²) in [7, 11) is 0. The summed E-state index contributed by atoms with van der Waals surface area (Å²) in [6, 6.07) is 18.4. The molecule has 4 N–H and O–H groups in total. The predicted octanol–water partition coefficient (Wildman–Crippen LogP) is 3.09. The monoisotopic (exact) mass is 324 g/mol. The minimum atomic E-state index is -0.0746. The smallest absolute Gasteiger partial charge is 0.148 e. The number of rotatable bonds is 5. The summed E-state index contributed by atoms with van der Waals surface area (Å²) in [4.78, 5) is 0. The first-order valence-corrected chi connectivity index (χ1v) is 8.03. The van der Waals surface area contributed by atoms with Crippen molar-refractivity contribution in [1.82, 2.24) is 10.3 Å². The molecule has 2 aromatic carbocycles. The number of anilines is 1. The molecule has 118 valence electrons. The van der Waals surface area contributed by atoms with Gasteiger partial charge in [-0.15, -0.1) is 0 Å². The van der Waals surface area contributed by atoms with Crippen molar-refractivity contribution in [3.05, 3.63) is 71.4 Å². The van der Waals surface area contributed by atoms with Crippen molar-refractivity contribution in [2.24, 2.45) is 5.73 Å². The fourth-order valence-electron chi connectivity index (χ4n) is 2.70. The summed E-state index contributed by atoms with van der Waals surface area (Å²) < 4.78 is 0. The zero-order valence-electron chi connectivity index (χ0n) is 13.0. The Kier molecular flexibility index (Phi) is 4.60. The van der Waals surface area contributed by atoms with Gasteiger partial charge in [-0.2, -0.15) is 0 Å². The number of benzene rings is 2. The summed E-state index contributed by atoms with van der Waals surface area (Å²) in [5.74, 6) is 0. The summed E-state index contributed by atoms with van der Waals surface area (Å²) in [6.07, 6.45) is -0.0746. The Labute approximate surface area is 142 Å². The highest BCUT2D eigenvalue weighted by Crippen LogP contribution is 2.29. The number of nitrogens with one attached hydrogen (secondary N) is 2. The summed E-state index contributed by atoms with van der Waals surface area (Å²) in [6.45, 7) is 2.61. The highest BCUT2D eigenvalue weighted by atomic mass is 32.1. The lowest BCUT2D eigenvalue weighted by Crippen LogP contribution is -2.41. The van der Waals surface area contributed by atoms with Crippen LogP contribution in [0, 0.1) is 0 Å². The lowest BCUT2D eigenvalue weighted by Gasteiger charge is -2.28. The standard InChI is InChI=1S/C18H20N4S/c1-13-18(15-5-3-2-4-6-15)22(17(12-23)20-13)21-16-9-7-14(11-19)8-10-16/h2-10,12,17,20-21H,11,19H2,1H3. The van der Waals surface area contributed by atoms with E-state index in [1.54, 1.807) is 5.37 Å². The van der Waals surface area contributed by atoms with Gasteiger partial charge in [-0.3, -0.25) is 10.4 Å². The van der Waals surface area contributed by atoms with Crippen LogP contribution in [0.4, 0.5) is 5.69 Å². The van der Waals surface area contributed by atoms with Crippen LogP contribution in [-0.2, 0) is 6.54 Å². The first kappa shape index (κ1) is 15.5. The highest BCUT2D eigenvalue weighted by Gasteiger charge is 2.28. The van der Waals surface area contributed by atoms with E-state index < -0.39 is 0 Å². The number of thiocarbonyl (C=S) groups is 1. The van der Waals surface area contributed by atoms with Crippen molar-refractivity contribution in [3.8, 4) is 0 Å². The molecular weight excluding hydrogens is 304 g/mol. The van der Waals surface area contributed by atoms with Crippen LogP contribution >= 0.6 is 12.2 Å². The van der Waals surface area contributed by atoms with Gasteiger partial charge in [0.25, 0.3) is 0 Å². The molecule has 0 bridgehead atoms. The van der Waals surface area contributed by atoms with E-state index in [4.69, 9.17) is 18.0 Å². The van der Waals surface area contributed by atoms with E-state index in [2.05, 4.69) is 34.8 Å². The number of nitrogens with zero attached hydrogens (tertiary/aromatic N) is 1. The Bertz CT molecular complexity index is 710. The van der Waals surface area contributed by atoms with E-state index in [1.165, 1.54) is 0 Å². The van der Waals surface area contributed by atoms with Crippen LogP contribution < -0.4 is 16.5 Å². The van der Waals surface area contributed by atoms with Crippen molar-refractivity contribution in [1.29, 1.82) is 0 Å². The van der Waals surface area contributed by atoms with Gasteiger partial charge in [-0.05, 0) is 24.6 Å². The molecule has 0 aliphatic carbocycles. The zero-order valence-corrected chi connectivity index (χ0v) is 13.8. The Morgan fingerprint density at radius 1 is 1.17 bits per heavy atom. The van der Waals surface area contributed by atoms with Gasteiger partial charge in [-0.1, -0.05) is 54.7 Å². The molecule has 3 rings (SSSR count). The predicted molar refractivity (Wildman–Crippen MR) is 99.4 cm³/mol. The van der Waals surface area contributed by atoms with Gasteiger partial charge in [0, 0.05) is 23.2 Å². The van der Waals surface area contributed by atoms with Gasteiger partial charge in [0.15, 0.2) is 0 Å². The van der Waals surface area contributed by atoms with Crippen molar-refractivity contribution in [2.75, 3.05) is 5.43 Å². The van der Waals surface area contributed by atoms with Gasteiger partial charge in [0.1, 0.15) is 6.17 Å². The SMILES string of the molecule is CC1=C(c2ccccc2)N(Nc2ccc(CN)cc2)C(C=S)N1. The fraction of sp³-hybridized carbons (Fsp3) is 0.167. The van der Waals surface area contributed by atoms with Gasteiger partial charge in [0.2, 0.25) is 0 Å². The van der Waals surface area contributed by atoms with Crippen molar-refractivity contribution in [3.63, 3.8) is 0 Å². The zero-order chi connectivity index (χ0) is 16.2. The molecule has 0 saturated carbocycles. The Hall–Kier alpha value is -2.37. The van der Waals surface area contributed by atoms with E-state index in [0.717, 1.165) is 28.2 Å². The average molecular weight is 324 g/mol. The summed E-state index contributed by atoms with van der Waals surface area (Å²) >= 11 is 5.19. The van der Waals surface area contributed by atoms with E-state index in [-0.39, 0.29) is 6.17 Å².